The minimum atomic E-state index is -0.284. The highest BCUT2D eigenvalue weighted by molar-refractivity contribution is 6.30. The average molecular weight is 438 g/mol. The van der Waals surface area contributed by atoms with E-state index in [9.17, 15) is 9.59 Å². The monoisotopic (exact) mass is 437 g/mol. The number of amides is 1. The maximum Gasteiger partial charge on any atom is 0.244 e. The first-order valence-corrected chi connectivity index (χ1v) is 10.00. The fourth-order valence-corrected chi connectivity index (χ4v) is 3.44. The fraction of sp³-hybridized carbons (Fsp3) is 0.238. The van der Waals surface area contributed by atoms with Crippen molar-refractivity contribution in [1.82, 2.24) is 29.1 Å². The van der Waals surface area contributed by atoms with Gasteiger partial charge in [-0.3, -0.25) is 14.6 Å². The Balaban J connectivity index is 1.58. The van der Waals surface area contributed by atoms with Crippen molar-refractivity contribution in [1.29, 1.82) is 0 Å². The van der Waals surface area contributed by atoms with Crippen LogP contribution in [0.25, 0.3) is 11.0 Å². The van der Waals surface area contributed by atoms with Crippen LogP contribution in [0.5, 0.6) is 0 Å². The number of imidazole rings is 1. The number of rotatable bonds is 6. The lowest BCUT2D eigenvalue weighted by molar-refractivity contribution is -0.116. The Morgan fingerprint density at radius 3 is 2.68 bits per heavy atom. The van der Waals surface area contributed by atoms with E-state index in [4.69, 9.17) is 11.6 Å². The summed E-state index contributed by atoms with van der Waals surface area (Å²) in [5.41, 5.74) is 2.65. The average Bonchev–Trinajstić information content (AvgIpc) is 3.29. The van der Waals surface area contributed by atoms with E-state index in [1.807, 2.05) is 18.4 Å². The number of nitrogens with zero attached hydrogens (tertiary/aromatic N) is 6. The Hall–Kier alpha value is -3.59. The van der Waals surface area contributed by atoms with E-state index in [1.54, 1.807) is 30.0 Å². The number of carbonyl (C=O) groups is 2. The maximum absolute atomic E-state index is 13.2. The number of hydrogen-bond donors (Lipinski definition) is 1. The molecule has 0 fully saturated rings. The van der Waals surface area contributed by atoms with Gasteiger partial charge in [-0.15, -0.1) is 0 Å². The van der Waals surface area contributed by atoms with E-state index < -0.39 is 0 Å². The van der Waals surface area contributed by atoms with Crippen LogP contribution in [-0.2, 0) is 11.3 Å². The predicted molar refractivity (Wildman–Crippen MR) is 116 cm³/mol. The van der Waals surface area contributed by atoms with Gasteiger partial charge in [0.1, 0.15) is 23.7 Å². The van der Waals surface area contributed by atoms with Gasteiger partial charge in [0.05, 0.1) is 29.5 Å². The van der Waals surface area contributed by atoms with Gasteiger partial charge in [0, 0.05) is 35.6 Å². The minimum absolute atomic E-state index is 0.0446. The molecule has 4 heterocycles. The summed E-state index contributed by atoms with van der Waals surface area (Å²) in [6, 6.07) is 1.73. The summed E-state index contributed by atoms with van der Waals surface area (Å²) in [5.74, 6) is -0.506. The number of fused-ring (bicyclic) bond motifs is 1. The lowest BCUT2D eigenvalue weighted by Gasteiger charge is -2.08. The number of aromatic nitrogens is 6. The Morgan fingerprint density at radius 2 is 1.97 bits per heavy atom. The van der Waals surface area contributed by atoms with Crippen LogP contribution in [0.2, 0.25) is 5.15 Å². The second kappa shape index (κ2) is 8.27. The first-order chi connectivity index (χ1) is 14.8. The van der Waals surface area contributed by atoms with Gasteiger partial charge in [0.2, 0.25) is 5.91 Å². The molecule has 10 heteroatoms. The van der Waals surface area contributed by atoms with Gasteiger partial charge in [-0.05, 0) is 26.8 Å². The lowest BCUT2D eigenvalue weighted by atomic mass is 10.1. The predicted octanol–water partition coefficient (Wildman–Crippen LogP) is 3.44. The summed E-state index contributed by atoms with van der Waals surface area (Å²) in [7, 11) is 0. The van der Waals surface area contributed by atoms with Crippen molar-refractivity contribution in [2.24, 2.45) is 0 Å². The molecule has 0 unspecified atom stereocenters. The van der Waals surface area contributed by atoms with E-state index in [1.165, 1.54) is 25.0 Å². The highest BCUT2D eigenvalue weighted by atomic mass is 35.5. The third kappa shape index (κ3) is 4.04. The van der Waals surface area contributed by atoms with Crippen LogP contribution in [0.1, 0.15) is 41.5 Å². The molecule has 0 aliphatic heterocycles. The summed E-state index contributed by atoms with van der Waals surface area (Å²) in [4.78, 5) is 42.1. The number of hydrogen-bond acceptors (Lipinski definition) is 6. The molecule has 31 heavy (non-hydrogen) atoms. The fourth-order valence-electron chi connectivity index (χ4n) is 3.28. The van der Waals surface area contributed by atoms with Gasteiger partial charge in [0.25, 0.3) is 0 Å². The molecule has 0 aliphatic rings. The maximum atomic E-state index is 13.2. The summed E-state index contributed by atoms with van der Waals surface area (Å²) >= 11 is 5.93. The lowest BCUT2D eigenvalue weighted by Crippen LogP contribution is -2.19. The van der Waals surface area contributed by atoms with Crippen molar-refractivity contribution in [2.45, 2.75) is 33.4 Å². The highest BCUT2D eigenvalue weighted by Gasteiger charge is 2.20. The number of carbonyl (C=O) groups excluding carboxylic acids is 2. The van der Waals surface area contributed by atoms with Gasteiger partial charge in [0.15, 0.2) is 5.78 Å². The molecule has 1 amide bonds. The van der Waals surface area contributed by atoms with E-state index in [0.717, 1.165) is 0 Å². The zero-order valence-corrected chi connectivity index (χ0v) is 18.0. The van der Waals surface area contributed by atoms with Gasteiger partial charge in [-0.1, -0.05) is 11.6 Å². The highest BCUT2D eigenvalue weighted by Crippen LogP contribution is 2.25. The summed E-state index contributed by atoms with van der Waals surface area (Å²) in [6.07, 6.45) is 9.34. The molecule has 0 saturated heterocycles. The third-order valence-corrected chi connectivity index (χ3v) is 5.30. The number of halogens is 1. The molecule has 4 aromatic heterocycles. The quantitative estimate of drug-likeness (QED) is 0.463. The molecule has 158 valence electrons. The molecular weight excluding hydrogens is 418 g/mol. The second-order valence-corrected chi connectivity index (χ2v) is 7.75. The molecule has 1 N–H and O–H groups in total. The molecule has 0 radical (unpaired) electrons. The molecule has 0 atom stereocenters. The topological polar surface area (TPSA) is 108 Å². The molecule has 4 aromatic rings. The second-order valence-electron chi connectivity index (χ2n) is 7.39. The Bertz CT molecular complexity index is 1290. The number of nitrogens with one attached hydrogen (secondary N) is 1. The van der Waals surface area contributed by atoms with E-state index in [0.29, 0.717) is 38.7 Å². The largest absolute Gasteiger partial charge is 0.329 e. The zero-order valence-electron chi connectivity index (χ0n) is 17.2. The van der Waals surface area contributed by atoms with Crippen LogP contribution < -0.4 is 5.32 Å². The summed E-state index contributed by atoms with van der Waals surface area (Å²) in [6.45, 7) is 5.86. The molecule has 0 aliphatic carbocycles. The summed E-state index contributed by atoms with van der Waals surface area (Å²) < 4.78 is 3.57. The van der Waals surface area contributed by atoms with E-state index in [-0.39, 0.29) is 24.3 Å². The smallest absolute Gasteiger partial charge is 0.244 e. The number of pyridine rings is 1. The van der Waals surface area contributed by atoms with Crippen LogP contribution in [0, 0.1) is 6.92 Å². The standard InChI is InChI=1S/C21H20ClN7O2/c1-12(2)29-8-17(16-7-24-10-25-21(16)29)19(31)14-4-15(6-23-5-14)27-18(30)9-28-11-26-20(22)13(28)3/h4-8,10-12H,9H2,1-3H3,(H,27,30). The zero-order chi connectivity index (χ0) is 22.1. The summed E-state index contributed by atoms with van der Waals surface area (Å²) in [5, 5.41) is 3.78. The van der Waals surface area contributed by atoms with Crippen molar-refractivity contribution in [3.63, 3.8) is 0 Å². The number of anilines is 1. The van der Waals surface area contributed by atoms with Gasteiger partial charge < -0.3 is 14.5 Å². The normalized spacial score (nSPS) is 11.3. The van der Waals surface area contributed by atoms with Crippen LogP contribution in [0.3, 0.4) is 0 Å². The molecule has 4 rings (SSSR count). The molecular formula is C21H20ClN7O2. The minimum Gasteiger partial charge on any atom is -0.329 e. The van der Waals surface area contributed by atoms with Crippen molar-refractivity contribution in [3.05, 3.63) is 65.5 Å². The Labute approximate surface area is 183 Å². The van der Waals surface area contributed by atoms with Gasteiger partial charge in [-0.25, -0.2) is 15.0 Å². The van der Waals surface area contributed by atoms with Crippen LogP contribution in [-0.4, -0.2) is 40.8 Å². The Morgan fingerprint density at radius 1 is 1.16 bits per heavy atom. The van der Waals surface area contributed by atoms with Crippen LogP contribution in [0.4, 0.5) is 5.69 Å². The first-order valence-electron chi connectivity index (χ1n) is 9.62. The van der Waals surface area contributed by atoms with E-state index >= 15 is 0 Å². The van der Waals surface area contributed by atoms with E-state index in [2.05, 4.69) is 25.3 Å². The van der Waals surface area contributed by atoms with Crippen molar-refractivity contribution >= 4 is 40.0 Å². The molecule has 0 spiro atoms. The van der Waals surface area contributed by atoms with Crippen molar-refractivity contribution in [2.75, 3.05) is 5.32 Å². The third-order valence-electron chi connectivity index (χ3n) is 4.93. The van der Waals surface area contributed by atoms with Gasteiger partial charge in [-0.2, -0.15) is 0 Å². The van der Waals surface area contributed by atoms with Gasteiger partial charge >= 0.3 is 0 Å². The molecule has 9 nitrogen and oxygen atoms in total. The Kier molecular flexibility index (Phi) is 5.51. The van der Waals surface area contributed by atoms with Crippen molar-refractivity contribution < 1.29 is 9.59 Å². The molecule has 0 saturated carbocycles. The van der Waals surface area contributed by atoms with Crippen LogP contribution >= 0.6 is 11.6 Å². The SMILES string of the molecule is Cc1c(Cl)ncn1CC(=O)Nc1cncc(C(=O)c2cn(C(C)C)c3ncncc23)c1. The molecule has 0 bridgehead atoms. The first kappa shape index (κ1) is 20.7. The van der Waals surface area contributed by atoms with Crippen molar-refractivity contribution in [3.8, 4) is 0 Å². The number of ketones is 1. The molecule has 0 aromatic carbocycles. The van der Waals surface area contributed by atoms with Crippen LogP contribution in [0.15, 0.2) is 43.5 Å².